The number of unbranched alkanes of at least 4 members (excludes halogenated alkanes) is 2. The highest BCUT2D eigenvalue weighted by atomic mass is 19.4. The number of nitrogens with one attached hydrogen (secondary N) is 1. The van der Waals surface area contributed by atoms with Gasteiger partial charge >= 0.3 is 18.4 Å². The number of carbonyl (C=O) groups excluding carboxylic acids is 2. The van der Waals surface area contributed by atoms with Gasteiger partial charge in [0.25, 0.3) is 11.5 Å². The number of aliphatic hydroxyl groups is 1. The van der Waals surface area contributed by atoms with Gasteiger partial charge in [0, 0.05) is 12.1 Å². The summed E-state index contributed by atoms with van der Waals surface area (Å²) in [5.41, 5.74) is -5.52. The van der Waals surface area contributed by atoms with Gasteiger partial charge in [-0.05, 0) is 61.8 Å². The Hall–Kier alpha value is -3.08. The number of hydrogen-bond acceptors (Lipinski definition) is 3. The van der Waals surface area contributed by atoms with Crippen LogP contribution in [-0.2, 0) is 28.8 Å². The summed E-state index contributed by atoms with van der Waals surface area (Å²) in [5.74, 6) is -0.364. The van der Waals surface area contributed by atoms with Gasteiger partial charge in [-0.15, -0.1) is 0 Å². The van der Waals surface area contributed by atoms with Gasteiger partial charge < -0.3 is 10.4 Å². The first-order chi connectivity index (χ1) is 18.1. The molecule has 3 amide bonds. The van der Waals surface area contributed by atoms with E-state index in [1.54, 1.807) is 44.2 Å². The third-order valence-corrected chi connectivity index (χ3v) is 7.26. The minimum absolute atomic E-state index is 0.178. The maximum absolute atomic E-state index is 13.4. The third-order valence-electron chi connectivity index (χ3n) is 7.26. The van der Waals surface area contributed by atoms with E-state index in [0.717, 1.165) is 17.0 Å². The van der Waals surface area contributed by atoms with Gasteiger partial charge in [-0.2, -0.15) is 26.3 Å². The molecule has 0 spiro atoms. The first-order valence-electron chi connectivity index (χ1n) is 12.8. The Morgan fingerprint density at radius 1 is 0.923 bits per heavy atom. The number of aryl methyl sites for hydroxylation is 2. The van der Waals surface area contributed by atoms with E-state index in [-0.39, 0.29) is 24.4 Å². The number of amides is 3. The molecule has 2 aromatic carbocycles. The second-order valence-electron chi connectivity index (χ2n) is 10.1. The molecule has 0 aliphatic carbocycles. The quantitative estimate of drug-likeness (QED) is 0.200. The van der Waals surface area contributed by atoms with Crippen LogP contribution in [0.1, 0.15) is 67.3 Å². The van der Waals surface area contributed by atoms with Crippen molar-refractivity contribution in [1.82, 2.24) is 10.2 Å². The van der Waals surface area contributed by atoms with Gasteiger partial charge in [0.1, 0.15) is 5.54 Å². The standard InChI is InChI=1S/C28H32F6N2O3/c1-4-11-19-17-21(26(39,27(29,30)31)28(32,33)34)16-18(2)22(19)14-9-6-10-15-36-23(37)25(3,35-24(36)38)20-12-7-5-8-13-20/h5,7-8,12-13,16-17,39H,4,6,9-11,14-15H2,1-3H3,(H,35,38). The highest BCUT2D eigenvalue weighted by Crippen LogP contribution is 2.50. The topological polar surface area (TPSA) is 69.6 Å². The molecule has 3 rings (SSSR count). The van der Waals surface area contributed by atoms with Crippen molar-refractivity contribution in [3.63, 3.8) is 0 Å². The molecule has 214 valence electrons. The van der Waals surface area contributed by atoms with Crippen molar-refractivity contribution in [2.45, 2.75) is 82.8 Å². The largest absolute Gasteiger partial charge is 0.430 e. The molecule has 1 saturated heterocycles. The van der Waals surface area contributed by atoms with Gasteiger partial charge in [0.15, 0.2) is 0 Å². The molecule has 0 aromatic heterocycles. The van der Waals surface area contributed by atoms with Crippen LogP contribution in [-0.4, -0.2) is 40.8 Å². The smallest absolute Gasteiger partial charge is 0.369 e. The fraction of sp³-hybridized carbons (Fsp3) is 0.500. The molecule has 1 atom stereocenters. The predicted molar refractivity (Wildman–Crippen MR) is 133 cm³/mol. The van der Waals surface area contributed by atoms with Crippen LogP contribution in [0.3, 0.4) is 0 Å². The van der Waals surface area contributed by atoms with Crippen LogP contribution in [0, 0.1) is 6.92 Å². The number of nitrogens with zero attached hydrogens (tertiary/aromatic N) is 1. The van der Waals surface area contributed by atoms with Gasteiger partial charge in [0.2, 0.25) is 0 Å². The highest BCUT2D eigenvalue weighted by Gasteiger charge is 2.71. The van der Waals surface area contributed by atoms with Crippen molar-refractivity contribution < 1.29 is 41.0 Å². The molecule has 2 N–H and O–H groups in total. The van der Waals surface area contributed by atoms with E-state index in [1.165, 1.54) is 6.92 Å². The van der Waals surface area contributed by atoms with E-state index in [2.05, 4.69) is 5.32 Å². The summed E-state index contributed by atoms with van der Waals surface area (Å²) in [5, 5.41) is 12.6. The minimum atomic E-state index is -5.95. The first kappa shape index (κ1) is 30.5. The molecule has 1 aliphatic rings. The number of urea groups is 1. The molecule has 0 bridgehead atoms. The molecule has 0 saturated carbocycles. The zero-order valence-electron chi connectivity index (χ0n) is 22.0. The van der Waals surface area contributed by atoms with Gasteiger partial charge in [-0.1, -0.05) is 62.2 Å². The number of alkyl halides is 6. The molecule has 1 aliphatic heterocycles. The molecular weight excluding hydrogens is 526 g/mol. The van der Waals surface area contributed by atoms with E-state index in [0.29, 0.717) is 48.8 Å². The summed E-state index contributed by atoms with van der Waals surface area (Å²) in [6, 6.07) is 9.94. The van der Waals surface area contributed by atoms with Crippen LogP contribution < -0.4 is 5.32 Å². The number of carbonyl (C=O) groups is 2. The Bertz CT molecular complexity index is 1180. The van der Waals surface area contributed by atoms with Crippen LogP contribution in [0.5, 0.6) is 0 Å². The SMILES string of the molecule is CCCc1cc(C(O)(C(F)(F)F)C(F)(F)F)cc(C)c1CCCCCN1C(=O)NC(C)(c2ccccc2)C1=O. The Morgan fingerprint density at radius 2 is 1.54 bits per heavy atom. The van der Waals surface area contributed by atoms with Crippen molar-refractivity contribution in [2.24, 2.45) is 0 Å². The van der Waals surface area contributed by atoms with Crippen molar-refractivity contribution >= 4 is 11.9 Å². The third kappa shape index (κ3) is 5.78. The zero-order chi connectivity index (χ0) is 29.2. The minimum Gasteiger partial charge on any atom is -0.369 e. The molecule has 11 heteroatoms. The first-order valence-corrected chi connectivity index (χ1v) is 12.8. The van der Waals surface area contributed by atoms with Crippen molar-refractivity contribution in [1.29, 1.82) is 0 Å². The second-order valence-corrected chi connectivity index (χ2v) is 10.1. The monoisotopic (exact) mass is 558 g/mol. The number of rotatable bonds is 10. The lowest BCUT2D eigenvalue weighted by Crippen LogP contribution is -2.54. The molecule has 0 radical (unpaired) electrons. The number of halogens is 6. The van der Waals surface area contributed by atoms with Crippen molar-refractivity contribution in [2.75, 3.05) is 6.54 Å². The average Bonchev–Trinajstić information content (AvgIpc) is 3.07. The normalized spacial score (nSPS) is 18.6. The summed E-state index contributed by atoms with van der Waals surface area (Å²) in [6.45, 7) is 5.01. The van der Waals surface area contributed by atoms with Gasteiger partial charge in [-0.3, -0.25) is 9.69 Å². The summed E-state index contributed by atoms with van der Waals surface area (Å²) < 4.78 is 80.5. The average molecular weight is 559 g/mol. The molecular formula is C28H32F6N2O3. The van der Waals surface area contributed by atoms with Gasteiger partial charge in [0.05, 0.1) is 0 Å². The number of benzene rings is 2. The summed E-state index contributed by atoms with van der Waals surface area (Å²) in [4.78, 5) is 26.6. The van der Waals surface area contributed by atoms with Crippen LogP contribution >= 0.6 is 0 Å². The number of hydrogen-bond donors (Lipinski definition) is 2. The molecule has 1 heterocycles. The molecule has 2 aromatic rings. The Labute approximate surface area is 223 Å². The Balaban J connectivity index is 1.69. The van der Waals surface area contributed by atoms with E-state index in [4.69, 9.17) is 0 Å². The van der Waals surface area contributed by atoms with Crippen LogP contribution in [0.15, 0.2) is 42.5 Å². The fourth-order valence-corrected chi connectivity index (χ4v) is 5.05. The maximum Gasteiger partial charge on any atom is 0.430 e. The second kappa shape index (κ2) is 11.2. The molecule has 5 nitrogen and oxygen atoms in total. The maximum atomic E-state index is 13.4. The molecule has 1 fully saturated rings. The Kier molecular flexibility index (Phi) is 8.74. The van der Waals surface area contributed by atoms with Gasteiger partial charge in [-0.25, -0.2) is 4.79 Å². The van der Waals surface area contributed by atoms with Crippen LogP contribution in [0.4, 0.5) is 31.1 Å². The number of imide groups is 1. The fourth-order valence-electron chi connectivity index (χ4n) is 5.05. The van der Waals surface area contributed by atoms with Crippen LogP contribution in [0.2, 0.25) is 0 Å². The van der Waals surface area contributed by atoms with Crippen molar-refractivity contribution in [3.05, 3.63) is 70.3 Å². The highest BCUT2D eigenvalue weighted by molar-refractivity contribution is 6.07. The Morgan fingerprint density at radius 3 is 2.10 bits per heavy atom. The lowest BCUT2D eigenvalue weighted by atomic mass is 9.85. The zero-order valence-corrected chi connectivity index (χ0v) is 22.0. The van der Waals surface area contributed by atoms with E-state index < -0.39 is 35.1 Å². The van der Waals surface area contributed by atoms with E-state index in [9.17, 15) is 41.0 Å². The lowest BCUT2D eigenvalue weighted by Gasteiger charge is -2.33. The van der Waals surface area contributed by atoms with Crippen LogP contribution in [0.25, 0.3) is 0 Å². The molecule has 1 unspecified atom stereocenters. The lowest BCUT2D eigenvalue weighted by molar-refractivity contribution is -0.376. The van der Waals surface area contributed by atoms with E-state index in [1.807, 2.05) is 0 Å². The summed E-state index contributed by atoms with van der Waals surface area (Å²) >= 11 is 0. The summed E-state index contributed by atoms with van der Waals surface area (Å²) in [7, 11) is 0. The van der Waals surface area contributed by atoms with Crippen molar-refractivity contribution in [3.8, 4) is 0 Å². The summed E-state index contributed by atoms with van der Waals surface area (Å²) in [6.07, 6.45) is -9.18. The van der Waals surface area contributed by atoms with E-state index >= 15 is 0 Å². The molecule has 39 heavy (non-hydrogen) atoms. The predicted octanol–water partition coefficient (Wildman–Crippen LogP) is 6.44.